The second-order valence-electron chi connectivity index (χ2n) is 6.18. The Labute approximate surface area is 116 Å². The predicted molar refractivity (Wildman–Crippen MR) is 76.4 cm³/mol. The van der Waals surface area contributed by atoms with Gasteiger partial charge in [-0.15, -0.1) is 0 Å². The van der Waals surface area contributed by atoms with Crippen molar-refractivity contribution in [3.63, 3.8) is 0 Å². The van der Waals surface area contributed by atoms with Crippen molar-refractivity contribution >= 4 is 5.97 Å². The van der Waals surface area contributed by atoms with Gasteiger partial charge in [-0.3, -0.25) is 9.69 Å². The highest BCUT2D eigenvalue weighted by atomic mass is 16.4. The van der Waals surface area contributed by atoms with Crippen LogP contribution in [0.4, 0.5) is 0 Å². The zero-order valence-corrected chi connectivity index (χ0v) is 12.2. The van der Waals surface area contributed by atoms with Gasteiger partial charge in [-0.05, 0) is 71.2 Å². The zero-order chi connectivity index (χ0) is 13.7. The van der Waals surface area contributed by atoms with Gasteiger partial charge < -0.3 is 10.0 Å². The van der Waals surface area contributed by atoms with Gasteiger partial charge in [0.25, 0.3) is 0 Å². The van der Waals surface area contributed by atoms with E-state index in [4.69, 9.17) is 0 Å². The number of rotatable bonds is 5. The van der Waals surface area contributed by atoms with Gasteiger partial charge in [0.2, 0.25) is 0 Å². The molecule has 4 nitrogen and oxygen atoms in total. The third kappa shape index (κ3) is 3.69. The van der Waals surface area contributed by atoms with Crippen LogP contribution in [-0.4, -0.2) is 59.1 Å². The molecule has 110 valence electrons. The molecule has 0 aromatic rings. The van der Waals surface area contributed by atoms with E-state index in [-0.39, 0.29) is 5.54 Å². The third-order valence-corrected chi connectivity index (χ3v) is 4.81. The summed E-state index contributed by atoms with van der Waals surface area (Å²) >= 11 is 0. The SMILES string of the molecule is CCCN1CCCC(CC(=O)O)(N2CCCC2)CC1. The van der Waals surface area contributed by atoms with Crippen molar-refractivity contribution in [3.8, 4) is 0 Å². The molecule has 2 aliphatic heterocycles. The van der Waals surface area contributed by atoms with E-state index < -0.39 is 5.97 Å². The first kappa shape index (κ1) is 14.8. The van der Waals surface area contributed by atoms with Crippen molar-refractivity contribution in [3.05, 3.63) is 0 Å². The summed E-state index contributed by atoms with van der Waals surface area (Å²) in [6.45, 7) is 7.78. The van der Waals surface area contributed by atoms with Gasteiger partial charge >= 0.3 is 5.97 Å². The summed E-state index contributed by atoms with van der Waals surface area (Å²) in [6.07, 6.45) is 7.21. The van der Waals surface area contributed by atoms with E-state index in [0.717, 1.165) is 52.0 Å². The minimum atomic E-state index is -0.629. The fraction of sp³-hybridized carbons (Fsp3) is 0.933. The maximum Gasteiger partial charge on any atom is 0.305 e. The van der Waals surface area contributed by atoms with Crippen molar-refractivity contribution < 1.29 is 9.90 Å². The maximum atomic E-state index is 11.3. The van der Waals surface area contributed by atoms with Crippen LogP contribution < -0.4 is 0 Å². The maximum absolute atomic E-state index is 11.3. The van der Waals surface area contributed by atoms with Crippen LogP contribution in [0.25, 0.3) is 0 Å². The smallest absolute Gasteiger partial charge is 0.305 e. The fourth-order valence-corrected chi connectivity index (χ4v) is 3.85. The normalized spacial score (nSPS) is 30.4. The van der Waals surface area contributed by atoms with Crippen molar-refractivity contribution in [1.29, 1.82) is 0 Å². The van der Waals surface area contributed by atoms with Gasteiger partial charge in [0.1, 0.15) is 0 Å². The molecule has 2 fully saturated rings. The summed E-state index contributed by atoms with van der Waals surface area (Å²) < 4.78 is 0. The van der Waals surface area contributed by atoms with Crippen LogP contribution in [-0.2, 0) is 4.79 Å². The first-order valence-electron chi connectivity index (χ1n) is 7.85. The summed E-state index contributed by atoms with van der Waals surface area (Å²) in [4.78, 5) is 16.3. The average molecular weight is 268 g/mol. The topological polar surface area (TPSA) is 43.8 Å². The lowest BCUT2D eigenvalue weighted by Gasteiger charge is -2.40. The Morgan fingerprint density at radius 3 is 2.47 bits per heavy atom. The molecule has 0 aromatic carbocycles. The Balaban J connectivity index is 2.06. The number of hydrogen-bond acceptors (Lipinski definition) is 3. The summed E-state index contributed by atoms with van der Waals surface area (Å²) in [5.74, 6) is -0.629. The first-order chi connectivity index (χ1) is 9.16. The zero-order valence-electron chi connectivity index (χ0n) is 12.2. The molecule has 4 heteroatoms. The molecule has 19 heavy (non-hydrogen) atoms. The number of likely N-dealkylation sites (tertiary alicyclic amines) is 2. The molecule has 0 saturated carbocycles. The Kier molecular flexibility index (Phi) is 5.22. The van der Waals surface area contributed by atoms with Gasteiger partial charge in [0, 0.05) is 5.54 Å². The van der Waals surface area contributed by atoms with Crippen LogP contribution in [0.5, 0.6) is 0 Å². The largest absolute Gasteiger partial charge is 0.481 e. The second kappa shape index (κ2) is 6.71. The highest BCUT2D eigenvalue weighted by molar-refractivity contribution is 5.68. The quantitative estimate of drug-likeness (QED) is 0.830. The minimum Gasteiger partial charge on any atom is -0.481 e. The summed E-state index contributed by atoms with van der Waals surface area (Å²) in [6, 6.07) is 0. The lowest BCUT2D eigenvalue weighted by Crippen LogP contribution is -2.49. The van der Waals surface area contributed by atoms with Crippen molar-refractivity contribution in [2.24, 2.45) is 0 Å². The van der Waals surface area contributed by atoms with Gasteiger partial charge in [-0.25, -0.2) is 0 Å². The van der Waals surface area contributed by atoms with E-state index >= 15 is 0 Å². The van der Waals surface area contributed by atoms with E-state index in [9.17, 15) is 9.90 Å². The van der Waals surface area contributed by atoms with E-state index in [2.05, 4.69) is 16.7 Å². The molecule has 2 saturated heterocycles. The fourth-order valence-electron chi connectivity index (χ4n) is 3.85. The van der Waals surface area contributed by atoms with Crippen LogP contribution in [0.2, 0.25) is 0 Å². The Morgan fingerprint density at radius 1 is 1.11 bits per heavy atom. The Hall–Kier alpha value is -0.610. The number of carboxylic acid groups (broad SMARTS) is 1. The molecule has 0 spiro atoms. The van der Waals surface area contributed by atoms with Gasteiger partial charge in [-0.1, -0.05) is 6.92 Å². The number of nitrogens with zero attached hydrogens (tertiary/aromatic N) is 2. The molecule has 2 heterocycles. The molecule has 0 aromatic heterocycles. The molecule has 0 amide bonds. The lowest BCUT2D eigenvalue weighted by molar-refractivity contribution is -0.140. The molecule has 0 aliphatic carbocycles. The third-order valence-electron chi connectivity index (χ3n) is 4.81. The Bertz CT molecular complexity index is 303. The highest BCUT2D eigenvalue weighted by Crippen LogP contribution is 2.35. The number of carboxylic acids is 1. The molecule has 2 rings (SSSR count). The first-order valence-corrected chi connectivity index (χ1v) is 7.85. The Morgan fingerprint density at radius 2 is 1.84 bits per heavy atom. The second-order valence-corrected chi connectivity index (χ2v) is 6.18. The predicted octanol–water partition coefficient (Wildman–Crippen LogP) is 2.19. The van der Waals surface area contributed by atoms with E-state index in [1.807, 2.05) is 0 Å². The summed E-state index contributed by atoms with van der Waals surface area (Å²) in [7, 11) is 0. The monoisotopic (exact) mass is 268 g/mol. The van der Waals surface area contributed by atoms with E-state index in [1.165, 1.54) is 19.3 Å². The van der Waals surface area contributed by atoms with Crippen LogP contribution in [0.1, 0.15) is 51.9 Å². The lowest BCUT2D eigenvalue weighted by atomic mass is 9.85. The van der Waals surface area contributed by atoms with Crippen LogP contribution in [0, 0.1) is 0 Å². The molecule has 0 radical (unpaired) electrons. The van der Waals surface area contributed by atoms with Crippen LogP contribution in [0.3, 0.4) is 0 Å². The standard InChI is InChI=1S/C15H28N2O2/c1-2-8-16-9-5-6-15(7-12-16,13-14(18)19)17-10-3-4-11-17/h2-13H2,1H3,(H,18,19). The molecule has 0 bridgehead atoms. The summed E-state index contributed by atoms with van der Waals surface area (Å²) in [5, 5.41) is 9.31. The highest BCUT2D eigenvalue weighted by Gasteiger charge is 2.40. The molecule has 1 unspecified atom stereocenters. The summed E-state index contributed by atoms with van der Waals surface area (Å²) in [5.41, 5.74) is -0.0647. The van der Waals surface area contributed by atoms with E-state index in [1.54, 1.807) is 0 Å². The average Bonchev–Trinajstić information content (AvgIpc) is 2.82. The van der Waals surface area contributed by atoms with Crippen molar-refractivity contribution in [2.45, 2.75) is 57.4 Å². The number of carbonyl (C=O) groups is 1. The van der Waals surface area contributed by atoms with Gasteiger partial charge in [0.05, 0.1) is 6.42 Å². The van der Waals surface area contributed by atoms with Gasteiger partial charge in [0.15, 0.2) is 0 Å². The minimum absolute atomic E-state index is 0.0647. The molecular weight excluding hydrogens is 240 g/mol. The van der Waals surface area contributed by atoms with Gasteiger partial charge in [-0.2, -0.15) is 0 Å². The number of aliphatic carboxylic acids is 1. The van der Waals surface area contributed by atoms with E-state index in [0.29, 0.717) is 6.42 Å². The number of hydrogen-bond donors (Lipinski definition) is 1. The van der Waals surface area contributed by atoms with Crippen molar-refractivity contribution in [2.75, 3.05) is 32.7 Å². The molecule has 1 atom stereocenters. The van der Waals surface area contributed by atoms with Crippen LogP contribution >= 0.6 is 0 Å². The van der Waals surface area contributed by atoms with Crippen molar-refractivity contribution in [1.82, 2.24) is 9.80 Å². The van der Waals surface area contributed by atoms with Crippen LogP contribution in [0.15, 0.2) is 0 Å². The molecule has 1 N–H and O–H groups in total. The molecular formula is C15H28N2O2. The molecule has 2 aliphatic rings.